The first-order valence-electron chi connectivity index (χ1n) is 15.2. The second-order valence-electron chi connectivity index (χ2n) is 10.2. The number of aliphatic hydroxyl groups is 2. The molecule has 0 spiro atoms. The molecule has 0 aromatic heterocycles. The summed E-state index contributed by atoms with van der Waals surface area (Å²) in [5, 5.41) is 22.7. The average Bonchev–Trinajstić information content (AvgIpc) is 2.88. The number of amides is 1. The van der Waals surface area contributed by atoms with E-state index in [4.69, 9.17) is 0 Å². The Balaban J connectivity index is 3.77. The van der Waals surface area contributed by atoms with Gasteiger partial charge in [-0.15, -0.1) is 0 Å². The molecule has 0 radical (unpaired) electrons. The maximum Gasteiger partial charge on any atom is 0.220 e. The van der Waals surface area contributed by atoms with Crippen molar-refractivity contribution in [1.29, 1.82) is 0 Å². The number of hydrogen-bond donors (Lipinski definition) is 3. The number of carbonyl (C=O) groups excluding carboxylic acids is 1. The number of rotatable bonds is 26. The lowest BCUT2D eigenvalue weighted by molar-refractivity contribution is -0.123. The minimum Gasteiger partial charge on any atom is -0.394 e. The van der Waals surface area contributed by atoms with E-state index in [1.807, 2.05) is 6.08 Å². The Kier molecular flexibility index (Phi) is 27.1. The summed E-state index contributed by atoms with van der Waals surface area (Å²) in [6.07, 6.45) is 35.0. The van der Waals surface area contributed by atoms with Gasteiger partial charge in [-0.2, -0.15) is 0 Å². The van der Waals surface area contributed by atoms with Crippen LogP contribution in [0.4, 0.5) is 0 Å². The Morgan fingerprint density at radius 2 is 1.08 bits per heavy atom. The second-order valence-corrected chi connectivity index (χ2v) is 10.2. The van der Waals surface area contributed by atoms with Crippen molar-refractivity contribution < 1.29 is 15.0 Å². The summed E-state index contributed by atoms with van der Waals surface area (Å²) in [5.41, 5.74) is 0. The Morgan fingerprint density at radius 1 is 0.639 bits per heavy atom. The first kappa shape index (κ1) is 34.6. The topological polar surface area (TPSA) is 69.6 Å². The zero-order chi connectivity index (χ0) is 26.5. The molecule has 1 amide bonds. The summed E-state index contributed by atoms with van der Waals surface area (Å²) < 4.78 is 0. The van der Waals surface area contributed by atoms with Crippen molar-refractivity contribution in [3.05, 3.63) is 36.5 Å². The van der Waals surface area contributed by atoms with Gasteiger partial charge in [0.05, 0.1) is 18.8 Å². The molecule has 0 rings (SSSR count). The van der Waals surface area contributed by atoms with Crippen LogP contribution in [-0.4, -0.2) is 34.9 Å². The molecule has 4 nitrogen and oxygen atoms in total. The fourth-order valence-electron chi connectivity index (χ4n) is 4.18. The zero-order valence-electron chi connectivity index (χ0n) is 23.8. The van der Waals surface area contributed by atoms with Crippen molar-refractivity contribution >= 4 is 5.91 Å². The standard InChI is InChI=1S/C32H59NO3/c1-3-5-7-9-11-13-15-17-19-21-23-25-27-31(35)30(29-34)33-32(36)28-26-24-22-20-18-16-14-12-10-8-6-4-2/h12,14,17,19,25,27,30-31,34-35H,3-11,13,15-16,18,20-24,26,28-29H2,1-2H3,(H,33,36)/b14-12-,19-17+,27-25+. The van der Waals surface area contributed by atoms with Crippen LogP contribution in [0.25, 0.3) is 0 Å². The predicted molar refractivity (Wildman–Crippen MR) is 156 cm³/mol. The van der Waals surface area contributed by atoms with E-state index >= 15 is 0 Å². The lowest BCUT2D eigenvalue weighted by Crippen LogP contribution is -2.45. The van der Waals surface area contributed by atoms with E-state index in [2.05, 4.69) is 43.5 Å². The van der Waals surface area contributed by atoms with Gasteiger partial charge in [0.25, 0.3) is 0 Å². The molecule has 2 unspecified atom stereocenters. The van der Waals surface area contributed by atoms with Gasteiger partial charge >= 0.3 is 0 Å². The van der Waals surface area contributed by atoms with Gasteiger partial charge in [-0.1, -0.05) is 115 Å². The number of hydrogen-bond acceptors (Lipinski definition) is 3. The van der Waals surface area contributed by atoms with E-state index in [1.165, 1.54) is 77.0 Å². The number of nitrogens with one attached hydrogen (secondary N) is 1. The molecule has 36 heavy (non-hydrogen) atoms. The Morgan fingerprint density at radius 3 is 1.67 bits per heavy atom. The van der Waals surface area contributed by atoms with Crippen LogP contribution < -0.4 is 5.32 Å². The van der Waals surface area contributed by atoms with Crippen LogP contribution in [0.15, 0.2) is 36.5 Å². The molecule has 0 heterocycles. The molecule has 0 aromatic carbocycles. The maximum atomic E-state index is 12.2. The maximum absolute atomic E-state index is 12.2. The molecule has 2 atom stereocenters. The third-order valence-corrected chi connectivity index (χ3v) is 6.60. The fourth-order valence-corrected chi connectivity index (χ4v) is 4.18. The Bertz CT molecular complexity index is 556. The van der Waals surface area contributed by atoms with E-state index in [9.17, 15) is 15.0 Å². The quantitative estimate of drug-likeness (QED) is 0.0817. The summed E-state index contributed by atoms with van der Waals surface area (Å²) in [6.45, 7) is 4.22. The first-order chi connectivity index (χ1) is 17.7. The normalized spacial score (nSPS) is 13.8. The van der Waals surface area contributed by atoms with Gasteiger partial charge in [0, 0.05) is 6.42 Å². The average molecular weight is 506 g/mol. The second kappa shape index (κ2) is 28.2. The van der Waals surface area contributed by atoms with Crippen LogP contribution in [0.5, 0.6) is 0 Å². The highest BCUT2D eigenvalue weighted by molar-refractivity contribution is 5.76. The SMILES string of the molecule is CCCCC/C=C\CCCCCCCC(=O)NC(CO)C(O)/C=C/CC/C=C/CCCCCCCC. The predicted octanol–water partition coefficient (Wildman–Crippen LogP) is 8.33. The van der Waals surface area contributed by atoms with Crippen LogP contribution in [0.1, 0.15) is 142 Å². The minimum absolute atomic E-state index is 0.0888. The van der Waals surface area contributed by atoms with Crippen molar-refractivity contribution in [3.63, 3.8) is 0 Å². The van der Waals surface area contributed by atoms with E-state index in [0.29, 0.717) is 6.42 Å². The number of carbonyl (C=O) groups is 1. The van der Waals surface area contributed by atoms with E-state index < -0.39 is 12.1 Å². The molecule has 0 aromatic rings. The molecule has 210 valence electrons. The molecule has 0 aliphatic carbocycles. The largest absolute Gasteiger partial charge is 0.394 e. The van der Waals surface area contributed by atoms with Crippen LogP contribution in [-0.2, 0) is 4.79 Å². The number of allylic oxidation sites excluding steroid dienone is 5. The zero-order valence-corrected chi connectivity index (χ0v) is 23.8. The van der Waals surface area contributed by atoms with Crippen molar-refractivity contribution in [2.24, 2.45) is 0 Å². The van der Waals surface area contributed by atoms with Gasteiger partial charge in [0.2, 0.25) is 5.91 Å². The molecule has 0 saturated heterocycles. The smallest absolute Gasteiger partial charge is 0.220 e. The van der Waals surface area contributed by atoms with Crippen molar-refractivity contribution in [2.45, 2.75) is 154 Å². The molecule has 4 heteroatoms. The van der Waals surface area contributed by atoms with Crippen molar-refractivity contribution in [1.82, 2.24) is 5.32 Å². The minimum atomic E-state index is -0.860. The Labute approximate surface area is 223 Å². The van der Waals surface area contributed by atoms with E-state index in [0.717, 1.165) is 44.9 Å². The number of aliphatic hydroxyl groups excluding tert-OH is 2. The monoisotopic (exact) mass is 505 g/mol. The molecule has 0 aliphatic rings. The fraction of sp³-hybridized carbons (Fsp3) is 0.781. The van der Waals surface area contributed by atoms with Gasteiger partial charge in [-0.05, 0) is 57.8 Å². The summed E-state index contributed by atoms with van der Waals surface area (Å²) in [6, 6.07) is -0.638. The molecule has 3 N–H and O–H groups in total. The first-order valence-corrected chi connectivity index (χ1v) is 15.2. The van der Waals surface area contributed by atoms with Crippen LogP contribution in [0.2, 0.25) is 0 Å². The molecular formula is C32H59NO3. The highest BCUT2D eigenvalue weighted by atomic mass is 16.3. The van der Waals surface area contributed by atoms with E-state index in [-0.39, 0.29) is 12.5 Å². The molecular weight excluding hydrogens is 446 g/mol. The highest BCUT2D eigenvalue weighted by Crippen LogP contribution is 2.10. The van der Waals surface area contributed by atoms with Gasteiger partial charge in [-0.25, -0.2) is 0 Å². The Hall–Kier alpha value is -1.39. The van der Waals surface area contributed by atoms with Crippen LogP contribution in [0, 0.1) is 0 Å². The summed E-state index contributed by atoms with van der Waals surface area (Å²) in [7, 11) is 0. The van der Waals surface area contributed by atoms with Gasteiger partial charge in [0.1, 0.15) is 0 Å². The van der Waals surface area contributed by atoms with Gasteiger partial charge in [0.15, 0.2) is 0 Å². The third kappa shape index (κ3) is 24.3. The highest BCUT2D eigenvalue weighted by Gasteiger charge is 2.17. The van der Waals surface area contributed by atoms with Crippen LogP contribution >= 0.6 is 0 Å². The molecule has 0 bridgehead atoms. The van der Waals surface area contributed by atoms with Crippen LogP contribution in [0.3, 0.4) is 0 Å². The summed E-state index contributed by atoms with van der Waals surface area (Å²) in [5.74, 6) is -0.0888. The van der Waals surface area contributed by atoms with E-state index in [1.54, 1.807) is 6.08 Å². The molecule has 0 aliphatic heterocycles. The molecule has 0 saturated carbocycles. The summed E-state index contributed by atoms with van der Waals surface area (Å²) >= 11 is 0. The van der Waals surface area contributed by atoms with Gasteiger partial charge in [-0.3, -0.25) is 4.79 Å². The number of unbranched alkanes of at least 4 members (excludes halogenated alkanes) is 15. The third-order valence-electron chi connectivity index (χ3n) is 6.60. The van der Waals surface area contributed by atoms with Crippen molar-refractivity contribution in [2.75, 3.05) is 6.61 Å². The van der Waals surface area contributed by atoms with Gasteiger partial charge < -0.3 is 15.5 Å². The summed E-state index contributed by atoms with van der Waals surface area (Å²) in [4.78, 5) is 12.2. The lowest BCUT2D eigenvalue weighted by atomic mass is 10.1. The lowest BCUT2D eigenvalue weighted by Gasteiger charge is -2.19. The van der Waals surface area contributed by atoms with Crippen molar-refractivity contribution in [3.8, 4) is 0 Å². The molecule has 0 fully saturated rings.